The van der Waals surface area contributed by atoms with Gasteiger partial charge in [0, 0.05) is 30.9 Å². The highest BCUT2D eigenvalue weighted by atomic mass is 16.5. The molecule has 1 heterocycles. The van der Waals surface area contributed by atoms with Crippen molar-refractivity contribution >= 4 is 11.7 Å². The molecule has 0 radical (unpaired) electrons. The summed E-state index contributed by atoms with van der Waals surface area (Å²) in [5, 5.41) is 3.49. The van der Waals surface area contributed by atoms with E-state index in [4.69, 9.17) is 4.74 Å². The molecule has 4 heteroatoms. The smallest absolute Gasteiger partial charge is 0.307 e. The van der Waals surface area contributed by atoms with Gasteiger partial charge in [-0.2, -0.15) is 0 Å². The number of para-hydroxylation sites is 1. The van der Waals surface area contributed by atoms with Crippen molar-refractivity contribution in [1.82, 2.24) is 5.32 Å². The maximum absolute atomic E-state index is 11.5. The van der Waals surface area contributed by atoms with E-state index in [1.54, 1.807) is 0 Å². The van der Waals surface area contributed by atoms with Gasteiger partial charge in [0.15, 0.2) is 0 Å². The first-order chi connectivity index (χ1) is 9.11. The van der Waals surface area contributed by atoms with E-state index in [0.29, 0.717) is 12.5 Å². The lowest BCUT2D eigenvalue weighted by Gasteiger charge is -2.32. The van der Waals surface area contributed by atoms with Crippen molar-refractivity contribution < 1.29 is 9.53 Å². The van der Waals surface area contributed by atoms with Gasteiger partial charge >= 0.3 is 5.97 Å². The number of hydrogen-bond acceptors (Lipinski definition) is 4. The zero-order valence-electron chi connectivity index (χ0n) is 11.8. The van der Waals surface area contributed by atoms with E-state index in [2.05, 4.69) is 42.3 Å². The molecule has 0 aliphatic carbocycles. The van der Waals surface area contributed by atoms with Crippen LogP contribution >= 0.6 is 0 Å². The highest BCUT2D eigenvalue weighted by Gasteiger charge is 2.24. The van der Waals surface area contributed by atoms with E-state index in [0.717, 1.165) is 13.1 Å². The Labute approximate surface area is 114 Å². The summed E-state index contributed by atoms with van der Waals surface area (Å²) >= 11 is 0. The Kier molecular flexibility index (Phi) is 4.43. The summed E-state index contributed by atoms with van der Waals surface area (Å²) in [6.07, 6.45) is 0.414. The number of esters is 1. The van der Waals surface area contributed by atoms with Gasteiger partial charge in [0.1, 0.15) is 0 Å². The summed E-state index contributed by atoms with van der Waals surface area (Å²) in [5.41, 5.74) is 2.50. The molecule has 0 bridgehead atoms. The van der Waals surface area contributed by atoms with Crippen LogP contribution in [-0.2, 0) is 16.1 Å². The van der Waals surface area contributed by atoms with Crippen molar-refractivity contribution in [3.8, 4) is 0 Å². The van der Waals surface area contributed by atoms with Gasteiger partial charge in [-0.05, 0) is 25.5 Å². The quantitative estimate of drug-likeness (QED) is 0.845. The third kappa shape index (κ3) is 3.26. The number of ether oxygens (including phenoxy) is 1. The van der Waals surface area contributed by atoms with Crippen molar-refractivity contribution in [1.29, 1.82) is 0 Å². The fourth-order valence-corrected chi connectivity index (χ4v) is 2.53. The van der Waals surface area contributed by atoms with E-state index >= 15 is 0 Å². The first kappa shape index (κ1) is 13.9. The fraction of sp³-hybridized carbons (Fsp3) is 0.533. The van der Waals surface area contributed by atoms with Crippen LogP contribution in [0.5, 0.6) is 0 Å². The maximum atomic E-state index is 11.5. The fourth-order valence-electron chi connectivity index (χ4n) is 2.53. The van der Waals surface area contributed by atoms with Crippen molar-refractivity contribution in [2.45, 2.75) is 38.9 Å². The second-order valence-corrected chi connectivity index (χ2v) is 5.19. The van der Waals surface area contributed by atoms with Crippen LogP contribution in [0.4, 0.5) is 5.69 Å². The van der Waals surface area contributed by atoms with Crippen LogP contribution in [0, 0.1) is 0 Å². The van der Waals surface area contributed by atoms with Crippen LogP contribution in [0.3, 0.4) is 0 Å². The molecule has 2 rings (SSSR count). The molecule has 1 aliphatic rings. The van der Waals surface area contributed by atoms with Crippen LogP contribution < -0.4 is 10.2 Å². The average Bonchev–Trinajstić information content (AvgIpc) is 2.58. The zero-order valence-corrected chi connectivity index (χ0v) is 11.8. The van der Waals surface area contributed by atoms with Crippen molar-refractivity contribution in [2.75, 3.05) is 18.6 Å². The molecule has 2 unspecified atom stereocenters. The van der Waals surface area contributed by atoms with Gasteiger partial charge < -0.3 is 15.0 Å². The summed E-state index contributed by atoms with van der Waals surface area (Å²) in [6, 6.07) is 8.90. The first-order valence-electron chi connectivity index (χ1n) is 6.76. The zero-order chi connectivity index (χ0) is 13.8. The monoisotopic (exact) mass is 262 g/mol. The highest BCUT2D eigenvalue weighted by Crippen LogP contribution is 2.26. The van der Waals surface area contributed by atoms with Crippen LogP contribution in [0.1, 0.15) is 25.8 Å². The Hall–Kier alpha value is -1.55. The minimum absolute atomic E-state index is 0.135. The molecule has 2 atom stereocenters. The topological polar surface area (TPSA) is 41.6 Å². The van der Waals surface area contributed by atoms with Gasteiger partial charge in [-0.25, -0.2) is 0 Å². The Balaban J connectivity index is 2.24. The molecule has 1 aromatic carbocycles. The number of nitrogens with one attached hydrogen (secondary N) is 1. The molecule has 0 amide bonds. The number of rotatable bonds is 3. The summed E-state index contributed by atoms with van der Waals surface area (Å²) in [7, 11) is 1.44. The Morgan fingerprint density at radius 1 is 1.53 bits per heavy atom. The molecule has 1 N–H and O–H groups in total. The molecule has 0 fully saturated rings. The largest absolute Gasteiger partial charge is 0.469 e. The van der Waals surface area contributed by atoms with Gasteiger partial charge in [0.2, 0.25) is 0 Å². The third-order valence-electron chi connectivity index (χ3n) is 3.63. The number of carbonyl (C=O) groups excluding carboxylic acids is 1. The van der Waals surface area contributed by atoms with Gasteiger partial charge in [-0.1, -0.05) is 18.2 Å². The second kappa shape index (κ2) is 6.06. The molecule has 4 nitrogen and oxygen atoms in total. The standard InChI is InChI=1S/C15H22N2O2/c1-11-10-17(12(2)8-15(18)19-3)14-7-5-4-6-13(14)9-16-11/h4-7,11-12,16H,8-10H2,1-3H3. The normalized spacial score (nSPS) is 20.4. The number of fused-ring (bicyclic) bond motifs is 1. The SMILES string of the molecule is COC(=O)CC(C)N1CC(C)NCc2ccccc21. The molecular formula is C15H22N2O2. The van der Waals surface area contributed by atoms with Crippen molar-refractivity contribution in [3.05, 3.63) is 29.8 Å². The summed E-state index contributed by atoms with van der Waals surface area (Å²) in [4.78, 5) is 13.8. The van der Waals surface area contributed by atoms with E-state index in [1.807, 2.05) is 6.07 Å². The molecule has 104 valence electrons. The molecule has 0 spiro atoms. The van der Waals surface area contributed by atoms with Gasteiger partial charge in [-0.3, -0.25) is 4.79 Å². The molecule has 0 aromatic heterocycles. The highest BCUT2D eigenvalue weighted by molar-refractivity contribution is 5.71. The molecule has 1 aliphatic heterocycles. The summed E-state index contributed by atoms with van der Waals surface area (Å²) in [5.74, 6) is -0.158. The van der Waals surface area contributed by atoms with Gasteiger partial charge in [0.05, 0.1) is 13.5 Å². The Morgan fingerprint density at radius 3 is 3.00 bits per heavy atom. The van der Waals surface area contributed by atoms with E-state index < -0.39 is 0 Å². The third-order valence-corrected chi connectivity index (χ3v) is 3.63. The maximum Gasteiger partial charge on any atom is 0.307 e. The summed E-state index contributed by atoms with van der Waals surface area (Å²) < 4.78 is 4.78. The van der Waals surface area contributed by atoms with E-state index in [9.17, 15) is 4.79 Å². The first-order valence-corrected chi connectivity index (χ1v) is 6.76. The molecule has 0 saturated heterocycles. The Morgan fingerprint density at radius 2 is 2.26 bits per heavy atom. The number of anilines is 1. The minimum Gasteiger partial charge on any atom is -0.469 e. The lowest BCUT2D eigenvalue weighted by molar-refractivity contribution is -0.140. The van der Waals surface area contributed by atoms with E-state index in [-0.39, 0.29) is 12.0 Å². The lowest BCUT2D eigenvalue weighted by Crippen LogP contribution is -2.42. The number of hydrogen-bond donors (Lipinski definition) is 1. The van der Waals surface area contributed by atoms with Gasteiger partial charge in [0.25, 0.3) is 0 Å². The van der Waals surface area contributed by atoms with Crippen LogP contribution in [-0.4, -0.2) is 31.7 Å². The molecule has 0 saturated carbocycles. The number of nitrogens with zero attached hydrogens (tertiary/aromatic N) is 1. The van der Waals surface area contributed by atoms with Crippen molar-refractivity contribution in [2.24, 2.45) is 0 Å². The lowest BCUT2D eigenvalue weighted by atomic mass is 10.1. The van der Waals surface area contributed by atoms with E-state index in [1.165, 1.54) is 18.4 Å². The molecular weight excluding hydrogens is 240 g/mol. The number of methoxy groups -OCH3 is 1. The van der Waals surface area contributed by atoms with Gasteiger partial charge in [-0.15, -0.1) is 0 Å². The molecule has 19 heavy (non-hydrogen) atoms. The second-order valence-electron chi connectivity index (χ2n) is 5.19. The average molecular weight is 262 g/mol. The predicted octanol–water partition coefficient (Wildman–Crippen LogP) is 1.94. The number of carbonyl (C=O) groups is 1. The predicted molar refractivity (Wildman–Crippen MR) is 76.2 cm³/mol. The van der Waals surface area contributed by atoms with Crippen LogP contribution in [0.15, 0.2) is 24.3 Å². The van der Waals surface area contributed by atoms with Crippen LogP contribution in [0.25, 0.3) is 0 Å². The molecule has 1 aromatic rings. The van der Waals surface area contributed by atoms with Crippen molar-refractivity contribution in [3.63, 3.8) is 0 Å². The summed E-state index contributed by atoms with van der Waals surface area (Å²) in [6.45, 7) is 6.02. The Bertz CT molecular complexity index is 448. The van der Waals surface area contributed by atoms with Crippen LogP contribution in [0.2, 0.25) is 0 Å². The number of benzene rings is 1. The minimum atomic E-state index is -0.158.